The summed E-state index contributed by atoms with van der Waals surface area (Å²) in [5.74, 6) is -2.89. The Bertz CT molecular complexity index is 1210. The number of methoxy groups -OCH3 is 1. The van der Waals surface area contributed by atoms with Crippen molar-refractivity contribution in [1.82, 2.24) is 25.8 Å². The number of nitrogens with two attached hydrogens (primary N) is 1. The molecule has 2 fully saturated rings. The van der Waals surface area contributed by atoms with E-state index in [0.29, 0.717) is 19.3 Å². The van der Waals surface area contributed by atoms with Crippen molar-refractivity contribution in [3.63, 3.8) is 0 Å². The van der Waals surface area contributed by atoms with Gasteiger partial charge in [-0.1, -0.05) is 60.5 Å². The Kier molecular flexibility index (Phi) is 13.3. The van der Waals surface area contributed by atoms with Gasteiger partial charge in [-0.15, -0.1) is 0 Å². The van der Waals surface area contributed by atoms with Crippen molar-refractivity contribution >= 4 is 35.3 Å². The number of carbonyl (C=O) groups is 6. The second kappa shape index (κ2) is 16.2. The van der Waals surface area contributed by atoms with E-state index in [1.54, 1.807) is 39.8 Å². The fraction of sp³-hybridized carbons (Fsp3) is 0.645. The van der Waals surface area contributed by atoms with Gasteiger partial charge in [-0.25, -0.2) is 9.78 Å². The molecule has 1 aromatic rings. The van der Waals surface area contributed by atoms with Crippen molar-refractivity contribution < 1.29 is 33.5 Å². The fourth-order valence-electron chi connectivity index (χ4n) is 5.00. The Hall–Kier alpha value is -4.03. The number of ether oxygens (including phenoxy) is 1. The van der Waals surface area contributed by atoms with Gasteiger partial charge in [0.15, 0.2) is 0 Å². The summed E-state index contributed by atoms with van der Waals surface area (Å²) in [4.78, 5) is 82.7. The first-order chi connectivity index (χ1) is 20.8. The molecule has 5 amide bonds. The molecule has 2 heterocycles. The van der Waals surface area contributed by atoms with Crippen molar-refractivity contribution in [1.29, 1.82) is 0 Å². The van der Waals surface area contributed by atoms with Crippen molar-refractivity contribution in [2.45, 2.75) is 104 Å². The van der Waals surface area contributed by atoms with Crippen LogP contribution in [-0.4, -0.2) is 83.0 Å². The lowest BCUT2D eigenvalue weighted by molar-refractivity contribution is -0.143. The topological polar surface area (TPSA) is 190 Å². The summed E-state index contributed by atoms with van der Waals surface area (Å²) in [6.45, 7) is 11.4. The molecule has 44 heavy (non-hydrogen) atoms. The second-order valence-corrected chi connectivity index (χ2v) is 12.0. The van der Waals surface area contributed by atoms with E-state index >= 15 is 0 Å². The molecule has 4 unspecified atom stereocenters. The zero-order valence-electron chi connectivity index (χ0n) is 26.9. The standard InChI is InChI=1S/C29H42N6O7.C2H6/c1-6-17(22(36)18-9-7-11-21(31-18)42-5)33-28(41)34-24(29(2,3)4)27(40)35-14-8-10-20(35)26(39)32-19(15-16-12-13-16)23(37)25(30)38;1-2/h7,9,11,16-17,19-20,24H,6,8,10,12-15H2,1-5H3,(H2,30,38)(H,32,39)(H2,33,34,41);1-2H3. The Balaban J connectivity index is 0.00000330. The predicted molar refractivity (Wildman–Crippen MR) is 164 cm³/mol. The van der Waals surface area contributed by atoms with Crippen LogP contribution in [0.5, 0.6) is 5.88 Å². The third-order valence-electron chi connectivity index (χ3n) is 7.58. The van der Waals surface area contributed by atoms with Crippen molar-refractivity contribution in [2.75, 3.05) is 13.7 Å². The summed E-state index contributed by atoms with van der Waals surface area (Å²) in [6.07, 6.45) is 3.33. The van der Waals surface area contributed by atoms with Crippen molar-refractivity contribution in [3.8, 4) is 5.88 Å². The smallest absolute Gasteiger partial charge is 0.316 e. The van der Waals surface area contributed by atoms with Crippen LogP contribution in [0.2, 0.25) is 0 Å². The molecule has 5 N–H and O–H groups in total. The lowest BCUT2D eigenvalue weighted by Crippen LogP contribution is -2.60. The highest BCUT2D eigenvalue weighted by molar-refractivity contribution is 6.37. The Labute approximate surface area is 259 Å². The second-order valence-electron chi connectivity index (χ2n) is 12.0. The molecule has 1 saturated heterocycles. The van der Waals surface area contributed by atoms with Gasteiger partial charge in [0.25, 0.3) is 5.91 Å². The lowest BCUT2D eigenvalue weighted by Gasteiger charge is -2.36. The number of ketones is 2. The summed E-state index contributed by atoms with van der Waals surface area (Å²) >= 11 is 0. The number of nitrogens with zero attached hydrogens (tertiary/aromatic N) is 2. The number of carbonyl (C=O) groups excluding carboxylic acids is 6. The molecule has 1 aliphatic heterocycles. The molecule has 4 atom stereocenters. The quantitative estimate of drug-likeness (QED) is 0.191. The van der Waals surface area contributed by atoms with Gasteiger partial charge >= 0.3 is 6.03 Å². The normalized spacial score (nSPS) is 18.1. The fourth-order valence-corrected chi connectivity index (χ4v) is 5.00. The first-order valence-electron chi connectivity index (χ1n) is 15.3. The predicted octanol–water partition coefficient (Wildman–Crippen LogP) is 2.12. The number of primary amides is 1. The van der Waals surface area contributed by atoms with Gasteiger partial charge in [-0.05, 0) is 43.1 Å². The average Bonchev–Trinajstić information content (AvgIpc) is 3.68. The zero-order valence-corrected chi connectivity index (χ0v) is 26.9. The molecule has 0 spiro atoms. The van der Waals surface area contributed by atoms with E-state index in [-0.39, 0.29) is 30.5 Å². The van der Waals surface area contributed by atoms with Crippen LogP contribution in [0.25, 0.3) is 0 Å². The third-order valence-corrected chi connectivity index (χ3v) is 7.58. The Morgan fingerprint density at radius 2 is 1.68 bits per heavy atom. The van der Waals surface area contributed by atoms with Crippen LogP contribution < -0.4 is 26.4 Å². The van der Waals surface area contributed by atoms with Crippen LogP contribution in [0.4, 0.5) is 4.79 Å². The highest BCUT2D eigenvalue weighted by Gasteiger charge is 2.43. The van der Waals surface area contributed by atoms with Gasteiger partial charge in [0.2, 0.25) is 29.3 Å². The van der Waals surface area contributed by atoms with E-state index < -0.39 is 64.9 Å². The summed E-state index contributed by atoms with van der Waals surface area (Å²) in [7, 11) is 1.44. The maximum Gasteiger partial charge on any atom is 0.316 e. The first kappa shape index (κ1) is 36.2. The van der Waals surface area contributed by atoms with Gasteiger partial charge in [0.05, 0.1) is 19.2 Å². The SMILES string of the molecule is CC.CCC(NC(=O)NC(C(=O)N1CCCC1C(=O)NC(CC1CC1)C(=O)C(N)=O)C(C)(C)C)C(=O)c1cccc(OC)n1. The van der Waals surface area contributed by atoms with Crippen LogP contribution in [0.1, 0.15) is 90.6 Å². The van der Waals surface area contributed by atoms with Crippen molar-refractivity contribution in [2.24, 2.45) is 17.1 Å². The Morgan fingerprint density at radius 3 is 2.23 bits per heavy atom. The number of urea groups is 1. The number of amides is 5. The van der Waals surface area contributed by atoms with Crippen LogP contribution in [0.3, 0.4) is 0 Å². The molecular weight excluding hydrogens is 568 g/mol. The highest BCUT2D eigenvalue weighted by Crippen LogP contribution is 2.34. The molecule has 1 aromatic heterocycles. The molecule has 2 aliphatic rings. The number of likely N-dealkylation sites (tertiary alicyclic amines) is 1. The van der Waals surface area contributed by atoms with Gasteiger partial charge in [-0.2, -0.15) is 0 Å². The van der Waals surface area contributed by atoms with E-state index in [0.717, 1.165) is 12.8 Å². The number of pyridine rings is 1. The minimum absolute atomic E-state index is 0.130. The molecule has 244 valence electrons. The number of Topliss-reactive ketones (excluding diaryl/α,β-unsaturated/α-hetero) is 2. The number of hydrogen-bond acceptors (Lipinski definition) is 8. The average molecular weight is 617 g/mol. The van der Waals surface area contributed by atoms with Gasteiger partial charge in [0.1, 0.15) is 17.8 Å². The highest BCUT2D eigenvalue weighted by atomic mass is 16.5. The molecular formula is C31H48N6O7. The molecule has 13 nitrogen and oxygen atoms in total. The lowest BCUT2D eigenvalue weighted by atomic mass is 9.85. The molecule has 13 heteroatoms. The molecule has 1 saturated carbocycles. The molecule has 0 radical (unpaired) electrons. The minimum atomic E-state index is -1.12. The van der Waals surface area contributed by atoms with E-state index in [9.17, 15) is 28.8 Å². The maximum atomic E-state index is 13.8. The summed E-state index contributed by atoms with van der Waals surface area (Å²) in [5.41, 5.74) is 4.58. The van der Waals surface area contributed by atoms with E-state index in [2.05, 4.69) is 20.9 Å². The molecule has 0 aromatic carbocycles. The summed E-state index contributed by atoms with van der Waals surface area (Å²) < 4.78 is 5.08. The van der Waals surface area contributed by atoms with Gasteiger partial charge in [0, 0.05) is 12.6 Å². The van der Waals surface area contributed by atoms with Crippen LogP contribution in [-0.2, 0) is 19.2 Å². The van der Waals surface area contributed by atoms with Gasteiger partial charge in [-0.3, -0.25) is 24.0 Å². The maximum absolute atomic E-state index is 13.8. The number of aromatic nitrogens is 1. The number of rotatable bonds is 13. The molecule has 0 bridgehead atoms. The van der Waals surface area contributed by atoms with Crippen LogP contribution in [0.15, 0.2) is 18.2 Å². The zero-order chi connectivity index (χ0) is 33.2. The number of nitrogens with one attached hydrogen (secondary N) is 3. The minimum Gasteiger partial charge on any atom is -0.481 e. The van der Waals surface area contributed by atoms with E-state index in [1.807, 2.05) is 13.8 Å². The number of hydrogen-bond donors (Lipinski definition) is 4. The first-order valence-corrected chi connectivity index (χ1v) is 15.3. The largest absolute Gasteiger partial charge is 0.481 e. The monoisotopic (exact) mass is 616 g/mol. The van der Waals surface area contributed by atoms with Gasteiger partial charge < -0.3 is 31.3 Å². The third kappa shape index (κ3) is 9.75. The molecule has 1 aliphatic carbocycles. The van der Waals surface area contributed by atoms with E-state index in [4.69, 9.17) is 10.5 Å². The Morgan fingerprint density at radius 1 is 1.02 bits per heavy atom. The van der Waals surface area contributed by atoms with Crippen molar-refractivity contribution in [3.05, 3.63) is 23.9 Å². The summed E-state index contributed by atoms with van der Waals surface area (Å²) in [5, 5.41) is 8.00. The summed E-state index contributed by atoms with van der Waals surface area (Å²) in [6, 6.07) is 0.179. The molecule has 3 rings (SSSR count). The van der Waals surface area contributed by atoms with Crippen LogP contribution in [0, 0.1) is 11.3 Å². The van der Waals surface area contributed by atoms with Crippen LogP contribution >= 0.6 is 0 Å². The van der Waals surface area contributed by atoms with E-state index in [1.165, 1.54) is 18.1 Å².